The topological polar surface area (TPSA) is 82.1 Å². The van der Waals surface area contributed by atoms with Gasteiger partial charge in [0.15, 0.2) is 12.4 Å². The highest BCUT2D eigenvalue weighted by molar-refractivity contribution is 6.01. The number of amides is 1. The molecule has 0 unspecified atom stereocenters. The van der Waals surface area contributed by atoms with Gasteiger partial charge in [0.05, 0.1) is 13.0 Å². The Balaban J connectivity index is 1.32. The van der Waals surface area contributed by atoms with Crippen LogP contribution in [0.4, 0.5) is 5.69 Å². The Kier molecular flexibility index (Phi) is 6.92. The van der Waals surface area contributed by atoms with E-state index in [0.29, 0.717) is 22.7 Å². The van der Waals surface area contributed by atoms with E-state index in [9.17, 15) is 14.4 Å². The first-order valence-corrected chi connectivity index (χ1v) is 10.9. The highest BCUT2D eigenvalue weighted by atomic mass is 16.5. The maximum atomic E-state index is 12.5. The first-order chi connectivity index (χ1) is 16.4. The van der Waals surface area contributed by atoms with Gasteiger partial charge in [0.25, 0.3) is 0 Å². The minimum atomic E-state index is -0.617. The van der Waals surface area contributed by atoms with Crippen LogP contribution < -0.4 is 14.4 Å². The molecule has 3 aromatic carbocycles. The molecular formula is C27H25NO6. The number of nitrogens with zero attached hydrogens (tertiary/aromatic N) is 1. The molecule has 1 fully saturated rings. The van der Waals surface area contributed by atoms with Gasteiger partial charge >= 0.3 is 5.97 Å². The first kappa shape index (κ1) is 23.0. The van der Waals surface area contributed by atoms with E-state index in [4.69, 9.17) is 14.2 Å². The zero-order chi connectivity index (χ0) is 24.1. The molecule has 0 aromatic heterocycles. The lowest BCUT2D eigenvalue weighted by atomic mass is 10.1. The molecule has 0 bridgehead atoms. The van der Waals surface area contributed by atoms with Crippen molar-refractivity contribution in [2.45, 2.75) is 13.3 Å². The second-order valence-corrected chi connectivity index (χ2v) is 8.07. The maximum Gasteiger partial charge on any atom is 0.311 e. The molecule has 1 atom stereocenters. The van der Waals surface area contributed by atoms with Gasteiger partial charge in [-0.15, -0.1) is 0 Å². The molecule has 1 aliphatic rings. The smallest absolute Gasteiger partial charge is 0.311 e. The minimum Gasteiger partial charge on any atom is -0.497 e. The lowest BCUT2D eigenvalue weighted by molar-refractivity contribution is -0.147. The van der Waals surface area contributed by atoms with Crippen LogP contribution in [0.2, 0.25) is 0 Å². The van der Waals surface area contributed by atoms with Gasteiger partial charge in [-0.3, -0.25) is 14.4 Å². The molecule has 7 heteroatoms. The molecule has 4 rings (SSSR count). The van der Waals surface area contributed by atoms with Crippen LogP contribution in [0.25, 0.3) is 0 Å². The number of rotatable bonds is 8. The van der Waals surface area contributed by atoms with Crippen LogP contribution in [0.15, 0.2) is 72.8 Å². The van der Waals surface area contributed by atoms with Gasteiger partial charge in [-0.2, -0.15) is 0 Å². The van der Waals surface area contributed by atoms with Gasteiger partial charge in [0, 0.05) is 24.2 Å². The lowest BCUT2D eigenvalue weighted by Gasteiger charge is -2.17. The third kappa shape index (κ3) is 5.43. The van der Waals surface area contributed by atoms with Gasteiger partial charge in [-0.25, -0.2) is 0 Å². The summed E-state index contributed by atoms with van der Waals surface area (Å²) in [7, 11) is 1.60. The number of Topliss-reactive ketones (excluding diaryl/α,β-unsaturated/α-hetero) is 1. The van der Waals surface area contributed by atoms with E-state index in [1.54, 1.807) is 72.7 Å². The van der Waals surface area contributed by atoms with Crippen LogP contribution in [-0.4, -0.2) is 37.9 Å². The Labute approximate surface area is 197 Å². The third-order valence-electron chi connectivity index (χ3n) is 5.62. The van der Waals surface area contributed by atoms with E-state index in [2.05, 4.69) is 0 Å². The van der Waals surface area contributed by atoms with Crippen molar-refractivity contribution in [2.24, 2.45) is 5.92 Å². The summed E-state index contributed by atoms with van der Waals surface area (Å²) < 4.78 is 16.2. The predicted molar refractivity (Wildman–Crippen MR) is 126 cm³/mol. The minimum absolute atomic E-state index is 0.0433. The predicted octanol–water partition coefficient (Wildman–Crippen LogP) is 4.57. The zero-order valence-corrected chi connectivity index (χ0v) is 19.0. The van der Waals surface area contributed by atoms with Crippen molar-refractivity contribution in [1.82, 2.24) is 0 Å². The molecular weight excluding hydrogens is 434 g/mol. The summed E-state index contributed by atoms with van der Waals surface area (Å²) in [6.45, 7) is 1.79. The summed E-state index contributed by atoms with van der Waals surface area (Å²) in [4.78, 5) is 38.8. The molecule has 0 spiro atoms. The maximum absolute atomic E-state index is 12.5. The van der Waals surface area contributed by atoms with Crippen LogP contribution in [0, 0.1) is 12.8 Å². The molecule has 3 aromatic rings. The largest absolute Gasteiger partial charge is 0.497 e. The number of carbonyl (C=O) groups is 3. The van der Waals surface area contributed by atoms with Crippen molar-refractivity contribution in [1.29, 1.82) is 0 Å². The van der Waals surface area contributed by atoms with Crippen molar-refractivity contribution in [2.75, 3.05) is 25.2 Å². The number of benzene rings is 3. The SMILES string of the molecule is COc1ccc(Oc2ccc(N3C[C@H](C(=O)OCC(=O)c4ccc(C)cc4)CC3=O)cc2)cc1. The summed E-state index contributed by atoms with van der Waals surface area (Å²) in [5.74, 6) is 0.407. The number of aryl methyl sites for hydroxylation is 1. The first-order valence-electron chi connectivity index (χ1n) is 10.9. The van der Waals surface area contributed by atoms with Crippen LogP contribution >= 0.6 is 0 Å². The number of esters is 1. The summed E-state index contributed by atoms with van der Waals surface area (Å²) in [6, 6.07) is 21.3. The van der Waals surface area contributed by atoms with E-state index in [1.807, 2.05) is 19.1 Å². The van der Waals surface area contributed by atoms with E-state index in [-0.39, 0.29) is 31.3 Å². The van der Waals surface area contributed by atoms with Gasteiger partial charge < -0.3 is 19.1 Å². The van der Waals surface area contributed by atoms with Crippen molar-refractivity contribution in [3.63, 3.8) is 0 Å². The number of anilines is 1. The van der Waals surface area contributed by atoms with Crippen LogP contribution in [0.1, 0.15) is 22.3 Å². The van der Waals surface area contributed by atoms with E-state index in [1.165, 1.54) is 0 Å². The fraction of sp³-hybridized carbons (Fsp3) is 0.222. The van der Waals surface area contributed by atoms with E-state index < -0.39 is 11.9 Å². The fourth-order valence-corrected chi connectivity index (χ4v) is 3.67. The van der Waals surface area contributed by atoms with Crippen molar-refractivity contribution in [3.05, 3.63) is 83.9 Å². The molecule has 0 aliphatic carbocycles. The van der Waals surface area contributed by atoms with Crippen molar-refractivity contribution in [3.8, 4) is 17.2 Å². The Morgan fingerprint density at radius 3 is 2.09 bits per heavy atom. The highest BCUT2D eigenvalue weighted by Crippen LogP contribution is 2.29. The van der Waals surface area contributed by atoms with Crippen molar-refractivity contribution < 1.29 is 28.6 Å². The molecule has 0 saturated carbocycles. The number of ketones is 1. The molecule has 7 nitrogen and oxygen atoms in total. The Bertz CT molecular complexity index is 1170. The number of ether oxygens (including phenoxy) is 3. The Morgan fingerprint density at radius 2 is 1.47 bits per heavy atom. The molecule has 1 aliphatic heterocycles. The van der Waals surface area contributed by atoms with Gasteiger partial charge in [0.2, 0.25) is 5.91 Å². The molecule has 0 N–H and O–H groups in total. The van der Waals surface area contributed by atoms with Crippen molar-refractivity contribution >= 4 is 23.3 Å². The van der Waals surface area contributed by atoms with Crippen LogP contribution in [0.3, 0.4) is 0 Å². The monoisotopic (exact) mass is 459 g/mol. The average molecular weight is 459 g/mol. The normalized spacial score (nSPS) is 15.2. The molecule has 174 valence electrons. The lowest BCUT2D eigenvalue weighted by Crippen LogP contribution is -2.27. The van der Waals surface area contributed by atoms with Gasteiger partial charge in [-0.1, -0.05) is 29.8 Å². The van der Waals surface area contributed by atoms with Crippen LogP contribution in [0.5, 0.6) is 17.2 Å². The van der Waals surface area contributed by atoms with E-state index >= 15 is 0 Å². The summed E-state index contributed by atoms with van der Waals surface area (Å²) in [5, 5.41) is 0. The second kappa shape index (κ2) is 10.2. The second-order valence-electron chi connectivity index (χ2n) is 8.07. The molecule has 0 radical (unpaired) electrons. The number of methoxy groups -OCH3 is 1. The standard InChI is InChI=1S/C27H25NO6/c1-18-3-5-19(6-4-18)25(29)17-33-27(31)20-15-26(30)28(16-20)21-7-9-23(10-8-21)34-24-13-11-22(32-2)12-14-24/h3-14,20H,15-17H2,1-2H3/t20-/m1/s1. The average Bonchev–Trinajstić information content (AvgIpc) is 3.25. The number of hydrogen-bond donors (Lipinski definition) is 0. The summed E-state index contributed by atoms with van der Waals surface area (Å²) in [6.07, 6.45) is 0.0433. The molecule has 1 amide bonds. The molecule has 1 saturated heterocycles. The molecule has 1 heterocycles. The van der Waals surface area contributed by atoms with Gasteiger partial charge in [0.1, 0.15) is 17.2 Å². The van der Waals surface area contributed by atoms with Crippen LogP contribution in [-0.2, 0) is 14.3 Å². The van der Waals surface area contributed by atoms with Gasteiger partial charge in [-0.05, 0) is 55.5 Å². The zero-order valence-electron chi connectivity index (χ0n) is 19.0. The summed E-state index contributed by atoms with van der Waals surface area (Å²) >= 11 is 0. The quantitative estimate of drug-likeness (QED) is 0.362. The third-order valence-corrected chi connectivity index (χ3v) is 5.62. The Hall–Kier alpha value is -4.13. The molecule has 34 heavy (non-hydrogen) atoms. The summed E-state index contributed by atoms with van der Waals surface area (Å²) in [5.41, 5.74) is 2.19. The fourth-order valence-electron chi connectivity index (χ4n) is 3.67. The number of carbonyl (C=O) groups excluding carboxylic acids is 3. The Morgan fingerprint density at radius 1 is 0.882 bits per heavy atom. The van der Waals surface area contributed by atoms with E-state index in [0.717, 1.165) is 11.3 Å². The highest BCUT2D eigenvalue weighted by Gasteiger charge is 2.36. The number of hydrogen-bond acceptors (Lipinski definition) is 6.